The fraction of sp³-hybridized carbons (Fsp3) is 0.393. The number of hydrogen-bond donors (Lipinski definition) is 0. The van der Waals surface area contributed by atoms with Gasteiger partial charge in [-0.2, -0.15) is 4.31 Å². The minimum atomic E-state index is -3.74. The van der Waals surface area contributed by atoms with Crippen LogP contribution < -0.4 is 4.74 Å². The van der Waals surface area contributed by atoms with E-state index in [1.54, 1.807) is 27.0 Å². The van der Waals surface area contributed by atoms with E-state index in [4.69, 9.17) is 9.47 Å². The molecule has 0 fully saturated rings. The highest BCUT2D eigenvalue weighted by atomic mass is 32.2. The summed E-state index contributed by atoms with van der Waals surface area (Å²) in [5.41, 5.74) is 4.20. The van der Waals surface area contributed by atoms with Crippen molar-refractivity contribution in [3.63, 3.8) is 0 Å². The fourth-order valence-electron chi connectivity index (χ4n) is 4.98. The molecule has 2 aromatic carbocycles. The third-order valence-electron chi connectivity index (χ3n) is 7.12. The number of aromatic nitrogens is 1. The monoisotopic (exact) mass is 525 g/mol. The summed E-state index contributed by atoms with van der Waals surface area (Å²) in [6.07, 6.45) is 2.04. The molecule has 0 saturated carbocycles. The largest absolute Gasteiger partial charge is 0.496 e. The van der Waals surface area contributed by atoms with Gasteiger partial charge in [-0.05, 0) is 61.2 Å². The van der Waals surface area contributed by atoms with Crippen molar-refractivity contribution in [2.45, 2.75) is 38.3 Å². The number of ether oxygens (including phenoxy) is 2. The molecule has 1 amide bonds. The summed E-state index contributed by atoms with van der Waals surface area (Å²) in [4.78, 5) is 15.3. The second-order valence-corrected chi connectivity index (χ2v) is 11.4. The lowest BCUT2D eigenvalue weighted by molar-refractivity contribution is -0.138. The number of benzene rings is 2. The minimum absolute atomic E-state index is 0.106. The number of fused-ring (bicyclic) bond motifs is 1. The van der Waals surface area contributed by atoms with E-state index in [1.165, 1.54) is 11.4 Å². The lowest BCUT2D eigenvalue weighted by Gasteiger charge is -2.37. The molecule has 1 atom stereocenters. The van der Waals surface area contributed by atoms with Crippen LogP contribution in [-0.2, 0) is 26.1 Å². The Hall–Kier alpha value is -3.14. The molecule has 0 saturated heterocycles. The van der Waals surface area contributed by atoms with Crippen LogP contribution in [-0.4, -0.2) is 68.6 Å². The number of nitrogens with zero attached hydrogens (tertiary/aromatic N) is 3. The molecule has 0 radical (unpaired) electrons. The third-order valence-corrected chi connectivity index (χ3v) is 9.26. The van der Waals surface area contributed by atoms with E-state index >= 15 is 0 Å². The van der Waals surface area contributed by atoms with Gasteiger partial charge in [0.1, 0.15) is 12.4 Å². The molecule has 0 bridgehead atoms. The van der Waals surface area contributed by atoms with E-state index in [0.29, 0.717) is 23.4 Å². The van der Waals surface area contributed by atoms with Gasteiger partial charge in [-0.3, -0.25) is 4.79 Å². The highest BCUT2D eigenvalue weighted by Gasteiger charge is 2.32. The lowest BCUT2D eigenvalue weighted by Crippen LogP contribution is -2.44. The Morgan fingerprint density at radius 1 is 1.05 bits per heavy atom. The van der Waals surface area contributed by atoms with E-state index in [0.717, 1.165) is 23.4 Å². The maximum absolute atomic E-state index is 13.3. The number of methoxy groups -OCH3 is 1. The predicted octanol–water partition coefficient (Wildman–Crippen LogP) is 3.69. The van der Waals surface area contributed by atoms with Crippen molar-refractivity contribution < 1.29 is 22.7 Å². The first-order chi connectivity index (χ1) is 17.7. The SMILES string of the molecule is COc1cc(C)c(S(=O)(=O)N(C)CCOCC(=O)N2CCn3cccc3C2c2ccccc2)c(C)c1C. The van der Waals surface area contributed by atoms with Gasteiger partial charge in [-0.25, -0.2) is 8.42 Å². The second kappa shape index (κ2) is 11.1. The first-order valence-electron chi connectivity index (χ1n) is 12.3. The molecule has 1 aliphatic rings. The molecule has 0 aliphatic carbocycles. The maximum atomic E-state index is 13.3. The van der Waals surface area contributed by atoms with Crippen LogP contribution in [0.15, 0.2) is 59.6 Å². The quantitative estimate of drug-likeness (QED) is 0.398. The van der Waals surface area contributed by atoms with Crippen molar-refractivity contribution >= 4 is 15.9 Å². The van der Waals surface area contributed by atoms with Crippen molar-refractivity contribution in [2.75, 3.05) is 40.5 Å². The van der Waals surface area contributed by atoms with Crippen molar-refractivity contribution in [2.24, 2.45) is 0 Å². The molecule has 8 nitrogen and oxygen atoms in total. The molecule has 0 spiro atoms. The molecule has 1 aromatic heterocycles. The Balaban J connectivity index is 1.40. The zero-order valence-corrected chi connectivity index (χ0v) is 22.9. The van der Waals surface area contributed by atoms with Crippen LogP contribution in [0.5, 0.6) is 5.75 Å². The average molecular weight is 526 g/mol. The Kier molecular flexibility index (Phi) is 8.06. The van der Waals surface area contributed by atoms with Gasteiger partial charge in [-0.15, -0.1) is 0 Å². The summed E-state index contributed by atoms with van der Waals surface area (Å²) < 4.78 is 41.2. The van der Waals surface area contributed by atoms with Gasteiger partial charge in [0.05, 0.1) is 24.7 Å². The summed E-state index contributed by atoms with van der Waals surface area (Å²) in [5, 5.41) is 0. The molecule has 9 heteroatoms. The molecule has 2 heterocycles. The standard InChI is InChI=1S/C28H35N3O5S/c1-20-18-25(35-5)21(2)22(3)28(20)37(33,34)29(4)16-17-36-19-26(32)31-15-14-30-13-9-12-24(30)27(31)23-10-7-6-8-11-23/h6-13,18,27H,14-17,19H2,1-5H3. The molecule has 0 N–H and O–H groups in total. The Labute approximate surface area is 219 Å². The first kappa shape index (κ1) is 26.9. The minimum Gasteiger partial charge on any atom is -0.496 e. The number of amides is 1. The van der Waals surface area contributed by atoms with E-state index in [1.807, 2.05) is 60.5 Å². The van der Waals surface area contributed by atoms with Crippen LogP contribution in [0.4, 0.5) is 0 Å². The van der Waals surface area contributed by atoms with Crippen molar-refractivity contribution in [3.8, 4) is 5.75 Å². The first-order valence-corrected chi connectivity index (χ1v) is 13.8. The topological polar surface area (TPSA) is 81.1 Å². The van der Waals surface area contributed by atoms with Crippen molar-refractivity contribution in [3.05, 3.63) is 82.7 Å². The number of carbonyl (C=O) groups excluding carboxylic acids is 1. The molecule has 37 heavy (non-hydrogen) atoms. The smallest absolute Gasteiger partial charge is 0.249 e. The zero-order chi connectivity index (χ0) is 26.7. The van der Waals surface area contributed by atoms with Crippen LogP contribution >= 0.6 is 0 Å². The van der Waals surface area contributed by atoms with E-state index < -0.39 is 10.0 Å². The van der Waals surface area contributed by atoms with E-state index in [9.17, 15) is 13.2 Å². The van der Waals surface area contributed by atoms with Gasteiger partial charge in [-0.1, -0.05) is 30.3 Å². The molecule has 3 aromatic rings. The third kappa shape index (κ3) is 5.30. The van der Waals surface area contributed by atoms with Crippen LogP contribution in [0.2, 0.25) is 0 Å². The van der Waals surface area contributed by atoms with Gasteiger partial charge < -0.3 is 18.9 Å². The molecule has 4 rings (SSSR count). The van der Waals surface area contributed by atoms with Gasteiger partial charge in [0, 0.05) is 38.6 Å². The van der Waals surface area contributed by atoms with E-state index in [-0.39, 0.29) is 36.6 Å². The molecular formula is C28H35N3O5S. The number of sulfonamides is 1. The highest BCUT2D eigenvalue weighted by molar-refractivity contribution is 7.89. The molecule has 1 aliphatic heterocycles. The van der Waals surface area contributed by atoms with Gasteiger partial charge in [0.2, 0.25) is 15.9 Å². The highest BCUT2D eigenvalue weighted by Crippen LogP contribution is 2.33. The van der Waals surface area contributed by atoms with Crippen LogP contribution in [0.1, 0.15) is 34.0 Å². The van der Waals surface area contributed by atoms with Crippen molar-refractivity contribution in [1.82, 2.24) is 13.8 Å². The molecular weight excluding hydrogens is 490 g/mol. The van der Waals surface area contributed by atoms with Crippen LogP contribution in [0, 0.1) is 20.8 Å². The summed E-state index contributed by atoms with van der Waals surface area (Å²) in [7, 11) is -0.637. The van der Waals surface area contributed by atoms with E-state index in [2.05, 4.69) is 4.57 Å². The lowest BCUT2D eigenvalue weighted by atomic mass is 10.00. The van der Waals surface area contributed by atoms with Gasteiger partial charge in [0.25, 0.3) is 0 Å². The predicted molar refractivity (Wildman–Crippen MR) is 142 cm³/mol. The Morgan fingerprint density at radius 3 is 2.49 bits per heavy atom. The van der Waals surface area contributed by atoms with Gasteiger partial charge in [0.15, 0.2) is 0 Å². The Morgan fingerprint density at radius 2 is 1.78 bits per heavy atom. The summed E-state index contributed by atoms with van der Waals surface area (Å²) >= 11 is 0. The Bertz CT molecular complexity index is 1370. The average Bonchev–Trinajstić information content (AvgIpc) is 3.37. The zero-order valence-electron chi connectivity index (χ0n) is 22.1. The number of carbonyl (C=O) groups is 1. The maximum Gasteiger partial charge on any atom is 0.249 e. The number of hydrogen-bond acceptors (Lipinski definition) is 5. The summed E-state index contributed by atoms with van der Waals surface area (Å²) in [6.45, 7) is 6.83. The van der Waals surface area contributed by atoms with Crippen LogP contribution in [0.3, 0.4) is 0 Å². The van der Waals surface area contributed by atoms with Crippen LogP contribution in [0.25, 0.3) is 0 Å². The molecule has 198 valence electrons. The number of rotatable bonds is 9. The number of aryl methyl sites for hydroxylation is 1. The summed E-state index contributed by atoms with van der Waals surface area (Å²) in [6, 6.07) is 15.6. The fourth-order valence-corrected chi connectivity index (χ4v) is 6.61. The van der Waals surface area contributed by atoms with Gasteiger partial charge >= 0.3 is 0 Å². The number of likely N-dealkylation sites (N-methyl/N-ethyl adjacent to an activating group) is 1. The van der Waals surface area contributed by atoms with Crippen molar-refractivity contribution in [1.29, 1.82) is 0 Å². The second-order valence-electron chi connectivity index (χ2n) is 9.38. The normalized spacial score (nSPS) is 15.6. The summed E-state index contributed by atoms with van der Waals surface area (Å²) in [5.74, 6) is 0.543. The molecule has 1 unspecified atom stereocenters.